The molecule has 1 rings (SSSR count). The van der Waals surface area contributed by atoms with Crippen LogP contribution in [0, 0.1) is 0 Å². The predicted octanol–water partition coefficient (Wildman–Crippen LogP) is 1.60. The van der Waals surface area contributed by atoms with Gasteiger partial charge in [0.1, 0.15) is 6.29 Å². The van der Waals surface area contributed by atoms with E-state index in [2.05, 4.69) is 34.4 Å². The van der Waals surface area contributed by atoms with Gasteiger partial charge in [0, 0.05) is 18.7 Å². The summed E-state index contributed by atoms with van der Waals surface area (Å²) in [5, 5.41) is 0. The summed E-state index contributed by atoms with van der Waals surface area (Å²) < 4.78 is 0.524. The molecule has 1 atom stereocenters. The summed E-state index contributed by atoms with van der Waals surface area (Å²) in [5.74, 6) is 0. The van der Waals surface area contributed by atoms with Crippen LogP contribution in [0.5, 0.6) is 0 Å². The summed E-state index contributed by atoms with van der Waals surface area (Å²) in [6.45, 7) is 4.06. The Hall–Kier alpha value is 0.1000. The van der Waals surface area contributed by atoms with E-state index in [1.807, 2.05) is 6.08 Å². The third kappa shape index (κ3) is 2.56. The predicted molar refractivity (Wildman–Crippen MR) is 53.8 cm³/mol. The highest BCUT2D eigenvalue weighted by atomic mass is 127. The minimum absolute atomic E-state index is 0.524. The van der Waals surface area contributed by atoms with Crippen molar-refractivity contribution in [3.8, 4) is 0 Å². The van der Waals surface area contributed by atoms with Crippen molar-refractivity contribution in [2.45, 2.75) is 17.4 Å². The summed E-state index contributed by atoms with van der Waals surface area (Å²) in [7, 11) is 0. The second kappa shape index (κ2) is 4.21. The van der Waals surface area contributed by atoms with Crippen molar-refractivity contribution in [3.05, 3.63) is 11.6 Å². The van der Waals surface area contributed by atoms with Crippen LogP contribution in [-0.4, -0.2) is 28.3 Å². The van der Waals surface area contributed by atoms with Crippen molar-refractivity contribution in [1.82, 2.24) is 4.90 Å². The van der Waals surface area contributed by atoms with Crippen LogP contribution < -0.4 is 0 Å². The average molecular weight is 265 g/mol. The maximum absolute atomic E-state index is 10.4. The SMILES string of the molecule is CC(I)N1CCC=C(C=O)C1. The second-order valence-electron chi connectivity index (χ2n) is 2.73. The number of nitrogens with zero attached hydrogens (tertiary/aromatic N) is 1. The van der Waals surface area contributed by atoms with Crippen molar-refractivity contribution >= 4 is 28.9 Å². The summed E-state index contributed by atoms with van der Waals surface area (Å²) in [6, 6.07) is 0. The lowest BCUT2D eigenvalue weighted by molar-refractivity contribution is -0.105. The molecule has 0 aromatic heterocycles. The first-order valence-corrected chi connectivity index (χ1v) is 5.01. The summed E-state index contributed by atoms with van der Waals surface area (Å²) in [4.78, 5) is 12.7. The molecule has 1 aliphatic heterocycles. The van der Waals surface area contributed by atoms with E-state index >= 15 is 0 Å². The Morgan fingerprint density at radius 3 is 3.09 bits per heavy atom. The van der Waals surface area contributed by atoms with Crippen molar-refractivity contribution in [2.24, 2.45) is 0 Å². The third-order valence-corrected chi connectivity index (χ3v) is 2.65. The molecule has 0 fully saturated rings. The molecule has 1 unspecified atom stereocenters. The highest BCUT2D eigenvalue weighted by Crippen LogP contribution is 2.14. The molecule has 62 valence electrons. The monoisotopic (exact) mass is 265 g/mol. The molecule has 0 aromatic carbocycles. The minimum atomic E-state index is 0.524. The number of hydrogen-bond acceptors (Lipinski definition) is 2. The molecule has 0 radical (unpaired) electrons. The topological polar surface area (TPSA) is 20.3 Å². The Kier molecular flexibility index (Phi) is 3.51. The van der Waals surface area contributed by atoms with Crippen LogP contribution >= 0.6 is 22.6 Å². The Labute approximate surface area is 80.8 Å². The molecule has 1 heterocycles. The number of aldehydes is 1. The van der Waals surface area contributed by atoms with Gasteiger partial charge in [0.05, 0.1) is 4.05 Å². The summed E-state index contributed by atoms with van der Waals surface area (Å²) in [6.07, 6.45) is 4.01. The molecule has 0 bridgehead atoms. The maximum Gasteiger partial charge on any atom is 0.147 e. The van der Waals surface area contributed by atoms with Crippen LogP contribution in [0.4, 0.5) is 0 Å². The molecular formula is C8H12INO. The number of alkyl halides is 1. The van der Waals surface area contributed by atoms with Crippen LogP contribution in [0.2, 0.25) is 0 Å². The largest absolute Gasteiger partial charge is 0.298 e. The van der Waals surface area contributed by atoms with E-state index in [1.165, 1.54) is 0 Å². The molecule has 1 aliphatic rings. The Morgan fingerprint density at radius 2 is 2.55 bits per heavy atom. The zero-order chi connectivity index (χ0) is 8.27. The fourth-order valence-corrected chi connectivity index (χ4v) is 1.66. The van der Waals surface area contributed by atoms with Gasteiger partial charge >= 0.3 is 0 Å². The lowest BCUT2D eigenvalue weighted by atomic mass is 10.1. The van der Waals surface area contributed by atoms with Gasteiger partial charge in [-0.25, -0.2) is 0 Å². The number of carbonyl (C=O) groups is 1. The van der Waals surface area contributed by atoms with Gasteiger partial charge in [0.15, 0.2) is 0 Å². The standard InChI is InChI=1S/C8H12INO/c1-7(9)10-4-2-3-8(5-10)6-11/h3,6-7H,2,4-5H2,1H3. The van der Waals surface area contributed by atoms with E-state index < -0.39 is 0 Å². The quantitative estimate of drug-likeness (QED) is 0.327. The van der Waals surface area contributed by atoms with Crippen molar-refractivity contribution in [1.29, 1.82) is 0 Å². The van der Waals surface area contributed by atoms with Crippen molar-refractivity contribution in [2.75, 3.05) is 13.1 Å². The van der Waals surface area contributed by atoms with E-state index in [-0.39, 0.29) is 0 Å². The van der Waals surface area contributed by atoms with E-state index in [0.29, 0.717) is 4.05 Å². The lowest BCUT2D eigenvalue weighted by Gasteiger charge is -2.27. The molecule has 0 N–H and O–H groups in total. The van der Waals surface area contributed by atoms with Gasteiger partial charge < -0.3 is 0 Å². The Balaban J connectivity index is 2.52. The fraction of sp³-hybridized carbons (Fsp3) is 0.625. The first kappa shape index (κ1) is 9.19. The number of halogens is 1. The molecular weight excluding hydrogens is 253 g/mol. The van der Waals surface area contributed by atoms with Crippen LogP contribution in [0.15, 0.2) is 11.6 Å². The zero-order valence-electron chi connectivity index (χ0n) is 6.59. The highest BCUT2D eigenvalue weighted by molar-refractivity contribution is 14.1. The van der Waals surface area contributed by atoms with Gasteiger partial charge in [-0.2, -0.15) is 0 Å². The number of carbonyl (C=O) groups excluding carboxylic acids is 1. The fourth-order valence-electron chi connectivity index (χ4n) is 1.18. The first-order valence-electron chi connectivity index (χ1n) is 3.76. The Morgan fingerprint density at radius 1 is 1.82 bits per heavy atom. The average Bonchev–Trinajstić information content (AvgIpc) is 2.05. The van der Waals surface area contributed by atoms with Crippen LogP contribution in [0.1, 0.15) is 13.3 Å². The van der Waals surface area contributed by atoms with Gasteiger partial charge in [0.2, 0.25) is 0 Å². The maximum atomic E-state index is 10.4. The van der Waals surface area contributed by atoms with Gasteiger partial charge in [-0.1, -0.05) is 28.7 Å². The lowest BCUT2D eigenvalue weighted by Crippen LogP contribution is -2.34. The van der Waals surface area contributed by atoms with Crippen LogP contribution in [0.3, 0.4) is 0 Å². The third-order valence-electron chi connectivity index (χ3n) is 1.86. The van der Waals surface area contributed by atoms with E-state index in [4.69, 9.17) is 0 Å². The number of rotatable bonds is 2. The molecule has 0 saturated heterocycles. The molecule has 0 amide bonds. The van der Waals surface area contributed by atoms with E-state index in [9.17, 15) is 4.79 Å². The van der Waals surface area contributed by atoms with Gasteiger partial charge in [-0.05, 0) is 13.3 Å². The molecule has 0 spiro atoms. The molecule has 0 aliphatic carbocycles. The van der Waals surface area contributed by atoms with Gasteiger partial charge in [0.25, 0.3) is 0 Å². The molecule has 0 saturated carbocycles. The summed E-state index contributed by atoms with van der Waals surface area (Å²) >= 11 is 2.37. The Bertz CT molecular complexity index is 177. The molecule has 2 nitrogen and oxygen atoms in total. The van der Waals surface area contributed by atoms with Crippen molar-refractivity contribution < 1.29 is 4.79 Å². The van der Waals surface area contributed by atoms with Crippen LogP contribution in [-0.2, 0) is 4.79 Å². The van der Waals surface area contributed by atoms with Crippen molar-refractivity contribution in [3.63, 3.8) is 0 Å². The van der Waals surface area contributed by atoms with E-state index in [1.54, 1.807) is 0 Å². The zero-order valence-corrected chi connectivity index (χ0v) is 8.74. The van der Waals surface area contributed by atoms with Gasteiger partial charge in [-0.15, -0.1) is 0 Å². The first-order chi connectivity index (χ1) is 5.24. The smallest absolute Gasteiger partial charge is 0.147 e. The van der Waals surface area contributed by atoms with Crippen LogP contribution in [0.25, 0.3) is 0 Å². The normalized spacial score (nSPS) is 22.5. The van der Waals surface area contributed by atoms with E-state index in [0.717, 1.165) is 31.4 Å². The number of hydrogen-bond donors (Lipinski definition) is 0. The highest BCUT2D eigenvalue weighted by Gasteiger charge is 2.14. The molecule has 3 heteroatoms. The summed E-state index contributed by atoms with van der Waals surface area (Å²) in [5.41, 5.74) is 0.930. The second-order valence-corrected chi connectivity index (χ2v) is 4.53. The molecule has 11 heavy (non-hydrogen) atoms. The minimum Gasteiger partial charge on any atom is -0.298 e. The molecule has 0 aromatic rings. The van der Waals surface area contributed by atoms with Gasteiger partial charge in [-0.3, -0.25) is 9.69 Å².